The highest BCUT2D eigenvalue weighted by molar-refractivity contribution is 9.10. The fourth-order valence-corrected chi connectivity index (χ4v) is 4.07. The number of fused-ring (bicyclic) bond motifs is 1. The Kier molecular flexibility index (Phi) is 5.24. The fourth-order valence-electron chi connectivity index (χ4n) is 3.46. The van der Waals surface area contributed by atoms with Gasteiger partial charge in [0.2, 0.25) is 5.91 Å². The standard InChI is InChI=1S/C17H23BrN2O3/c18-15-8-13(21)7-12-1-4-20(10-14(12)15)17(22)9-16(19)11-2-5-23-6-3-11/h7-8,11,16,21H,1-6,9-10,19H2. The van der Waals surface area contributed by atoms with Crippen LogP contribution in [-0.4, -0.2) is 41.7 Å². The number of phenolic OH excluding ortho intramolecular Hbond substituents is 1. The maximum Gasteiger partial charge on any atom is 0.224 e. The third kappa shape index (κ3) is 3.87. The van der Waals surface area contributed by atoms with Gasteiger partial charge in [-0.25, -0.2) is 0 Å². The summed E-state index contributed by atoms with van der Waals surface area (Å²) in [4.78, 5) is 14.5. The molecule has 126 valence electrons. The van der Waals surface area contributed by atoms with Crippen LogP contribution in [0, 0.1) is 5.92 Å². The number of halogens is 1. The van der Waals surface area contributed by atoms with Gasteiger partial charge in [0.25, 0.3) is 0 Å². The van der Waals surface area contributed by atoms with Crippen molar-refractivity contribution < 1.29 is 14.6 Å². The molecule has 6 heteroatoms. The predicted molar refractivity (Wildman–Crippen MR) is 91.1 cm³/mol. The van der Waals surface area contributed by atoms with Gasteiger partial charge in [0.1, 0.15) is 5.75 Å². The van der Waals surface area contributed by atoms with Gasteiger partial charge in [0.15, 0.2) is 0 Å². The fraction of sp³-hybridized carbons (Fsp3) is 0.588. The number of amides is 1. The summed E-state index contributed by atoms with van der Waals surface area (Å²) in [7, 11) is 0. The van der Waals surface area contributed by atoms with Gasteiger partial charge in [-0.2, -0.15) is 0 Å². The molecule has 1 atom stereocenters. The molecule has 2 aliphatic heterocycles. The first kappa shape index (κ1) is 16.7. The van der Waals surface area contributed by atoms with Gasteiger partial charge in [-0.15, -0.1) is 0 Å². The average Bonchev–Trinajstić information content (AvgIpc) is 2.55. The quantitative estimate of drug-likeness (QED) is 0.839. The van der Waals surface area contributed by atoms with Crippen LogP contribution < -0.4 is 5.73 Å². The molecule has 0 bridgehead atoms. The number of hydrogen-bond acceptors (Lipinski definition) is 4. The number of benzene rings is 1. The Morgan fingerprint density at radius 2 is 2.17 bits per heavy atom. The molecule has 2 aliphatic rings. The first-order valence-corrected chi connectivity index (χ1v) is 8.95. The zero-order valence-electron chi connectivity index (χ0n) is 13.1. The summed E-state index contributed by atoms with van der Waals surface area (Å²) in [6.07, 6.45) is 3.06. The molecule has 0 aromatic heterocycles. The van der Waals surface area contributed by atoms with Crippen molar-refractivity contribution in [2.45, 2.75) is 38.3 Å². The second kappa shape index (κ2) is 7.20. The number of hydrogen-bond donors (Lipinski definition) is 2. The Morgan fingerprint density at radius 3 is 2.91 bits per heavy atom. The van der Waals surface area contributed by atoms with Crippen molar-refractivity contribution in [3.05, 3.63) is 27.7 Å². The van der Waals surface area contributed by atoms with Crippen LogP contribution in [0.4, 0.5) is 0 Å². The van der Waals surface area contributed by atoms with E-state index in [9.17, 15) is 9.90 Å². The van der Waals surface area contributed by atoms with Gasteiger partial charge in [-0.1, -0.05) is 15.9 Å². The van der Waals surface area contributed by atoms with Crippen molar-refractivity contribution in [1.29, 1.82) is 0 Å². The van der Waals surface area contributed by atoms with E-state index in [4.69, 9.17) is 10.5 Å². The summed E-state index contributed by atoms with van der Waals surface area (Å²) in [6, 6.07) is 3.38. The lowest BCUT2D eigenvalue weighted by molar-refractivity contribution is -0.133. The van der Waals surface area contributed by atoms with Crippen molar-refractivity contribution in [2.24, 2.45) is 11.7 Å². The normalized spacial score (nSPS) is 20.2. The highest BCUT2D eigenvalue weighted by Gasteiger charge is 2.27. The van der Waals surface area contributed by atoms with Gasteiger partial charge < -0.3 is 20.5 Å². The van der Waals surface area contributed by atoms with E-state index in [0.29, 0.717) is 25.4 Å². The molecule has 1 saturated heterocycles. The molecule has 1 fully saturated rings. The summed E-state index contributed by atoms with van der Waals surface area (Å²) in [5.41, 5.74) is 8.45. The van der Waals surface area contributed by atoms with Crippen LogP contribution in [0.25, 0.3) is 0 Å². The molecule has 3 rings (SSSR count). The highest BCUT2D eigenvalue weighted by Crippen LogP contribution is 2.31. The Morgan fingerprint density at radius 1 is 1.43 bits per heavy atom. The molecule has 5 nitrogen and oxygen atoms in total. The molecule has 2 heterocycles. The second-order valence-corrected chi connectivity index (χ2v) is 7.30. The SMILES string of the molecule is NC(CC(=O)N1CCc2cc(O)cc(Br)c2C1)C1CCOCC1. The summed E-state index contributed by atoms with van der Waals surface area (Å²) in [5.74, 6) is 0.764. The maximum absolute atomic E-state index is 12.6. The highest BCUT2D eigenvalue weighted by atomic mass is 79.9. The second-order valence-electron chi connectivity index (χ2n) is 6.45. The van der Waals surface area contributed by atoms with Crippen LogP contribution in [-0.2, 0) is 22.5 Å². The van der Waals surface area contributed by atoms with Gasteiger partial charge in [0.05, 0.1) is 0 Å². The van der Waals surface area contributed by atoms with Crippen molar-refractivity contribution in [2.75, 3.05) is 19.8 Å². The largest absolute Gasteiger partial charge is 0.508 e. The number of rotatable bonds is 3. The van der Waals surface area contributed by atoms with E-state index in [1.165, 1.54) is 0 Å². The Hall–Kier alpha value is -1.11. The summed E-state index contributed by atoms with van der Waals surface area (Å²) in [5, 5.41) is 9.67. The minimum atomic E-state index is -0.0870. The lowest BCUT2D eigenvalue weighted by Gasteiger charge is -2.32. The molecular formula is C17H23BrN2O3. The molecule has 1 unspecified atom stereocenters. The van der Waals surface area contributed by atoms with E-state index >= 15 is 0 Å². The third-order valence-electron chi connectivity index (χ3n) is 4.91. The van der Waals surface area contributed by atoms with Crippen LogP contribution in [0.15, 0.2) is 16.6 Å². The maximum atomic E-state index is 12.6. The van der Waals surface area contributed by atoms with Gasteiger partial charge in [0, 0.05) is 43.2 Å². The third-order valence-corrected chi connectivity index (χ3v) is 5.61. The number of phenols is 1. The van der Waals surface area contributed by atoms with Crippen LogP contribution in [0.3, 0.4) is 0 Å². The molecule has 3 N–H and O–H groups in total. The lowest BCUT2D eigenvalue weighted by atomic mass is 9.89. The van der Waals surface area contributed by atoms with Gasteiger partial charge in [-0.05, 0) is 48.4 Å². The average molecular weight is 383 g/mol. The number of nitrogens with two attached hydrogens (primary N) is 1. The Labute approximate surface area is 144 Å². The minimum Gasteiger partial charge on any atom is -0.508 e. The van der Waals surface area contributed by atoms with Crippen molar-refractivity contribution in [3.63, 3.8) is 0 Å². The number of carbonyl (C=O) groups is 1. The molecule has 23 heavy (non-hydrogen) atoms. The molecule has 1 amide bonds. The minimum absolute atomic E-state index is 0.0870. The zero-order valence-corrected chi connectivity index (χ0v) is 14.7. The van der Waals surface area contributed by atoms with Crippen molar-refractivity contribution >= 4 is 21.8 Å². The van der Waals surface area contributed by atoms with E-state index in [0.717, 1.165) is 48.1 Å². The van der Waals surface area contributed by atoms with E-state index in [-0.39, 0.29) is 17.7 Å². The van der Waals surface area contributed by atoms with Crippen LogP contribution in [0.1, 0.15) is 30.4 Å². The van der Waals surface area contributed by atoms with Gasteiger partial charge >= 0.3 is 0 Å². The van der Waals surface area contributed by atoms with E-state index in [1.807, 2.05) is 4.90 Å². The van der Waals surface area contributed by atoms with Crippen molar-refractivity contribution in [3.8, 4) is 5.75 Å². The summed E-state index contributed by atoms with van der Waals surface area (Å²) >= 11 is 3.49. The molecule has 1 aromatic rings. The number of aromatic hydroxyl groups is 1. The molecular weight excluding hydrogens is 360 g/mol. The number of carbonyl (C=O) groups excluding carboxylic acids is 1. The van der Waals surface area contributed by atoms with Crippen LogP contribution in [0.2, 0.25) is 0 Å². The van der Waals surface area contributed by atoms with Crippen molar-refractivity contribution in [1.82, 2.24) is 4.90 Å². The van der Waals surface area contributed by atoms with E-state index in [2.05, 4.69) is 15.9 Å². The summed E-state index contributed by atoms with van der Waals surface area (Å²) in [6.45, 7) is 2.76. The number of ether oxygens (including phenoxy) is 1. The smallest absolute Gasteiger partial charge is 0.224 e. The molecule has 0 radical (unpaired) electrons. The Bertz CT molecular complexity index is 587. The topological polar surface area (TPSA) is 75.8 Å². The molecule has 0 aliphatic carbocycles. The monoisotopic (exact) mass is 382 g/mol. The molecule has 0 spiro atoms. The molecule has 1 aromatic carbocycles. The van der Waals surface area contributed by atoms with Crippen LogP contribution >= 0.6 is 15.9 Å². The van der Waals surface area contributed by atoms with E-state index in [1.54, 1.807) is 12.1 Å². The van der Waals surface area contributed by atoms with E-state index < -0.39 is 0 Å². The first-order valence-electron chi connectivity index (χ1n) is 8.16. The molecule has 0 saturated carbocycles. The Balaban J connectivity index is 1.62. The zero-order chi connectivity index (χ0) is 16.4. The first-order chi connectivity index (χ1) is 11.0. The number of nitrogens with zero attached hydrogens (tertiary/aromatic N) is 1. The lowest BCUT2D eigenvalue weighted by Crippen LogP contribution is -2.42. The predicted octanol–water partition coefficient (Wildman–Crippen LogP) is 2.18. The summed E-state index contributed by atoms with van der Waals surface area (Å²) < 4.78 is 6.22. The van der Waals surface area contributed by atoms with Crippen LogP contribution in [0.5, 0.6) is 5.75 Å². The van der Waals surface area contributed by atoms with Gasteiger partial charge in [-0.3, -0.25) is 4.79 Å².